The molecule has 274 valence electrons. The minimum atomic E-state index is -0.0753. The van der Waals surface area contributed by atoms with Crippen molar-refractivity contribution in [2.24, 2.45) is 5.41 Å². The lowest BCUT2D eigenvalue weighted by Crippen LogP contribution is -2.42. The fraction of sp³-hybridized carbons (Fsp3) is 0.222. The molecule has 11 rings (SSSR count). The SMILES string of the molecule is CC1(C)c2ccccc2-c2cc3c(cc21)c1cc(-c2ccc4c(c2)c2c5c(ccc2n4-c2ccccc2)C(C)(C)C(C)(C)C5(C)C)ccc1n3-c1ccccc1. The first-order valence-corrected chi connectivity index (χ1v) is 20.3. The van der Waals surface area contributed by atoms with Crippen molar-refractivity contribution in [3.63, 3.8) is 0 Å². The van der Waals surface area contributed by atoms with E-state index in [-0.39, 0.29) is 21.7 Å². The van der Waals surface area contributed by atoms with E-state index in [9.17, 15) is 0 Å². The molecule has 9 aromatic rings. The number of hydrogen-bond acceptors (Lipinski definition) is 0. The Bertz CT molecular complexity index is 3110. The number of fused-ring (bicyclic) bond motifs is 11. The van der Waals surface area contributed by atoms with Gasteiger partial charge in [0.1, 0.15) is 0 Å². The lowest BCUT2D eigenvalue weighted by molar-refractivity contribution is 0.125. The molecule has 0 amide bonds. The second-order valence-electron chi connectivity index (χ2n) is 18.6. The first-order chi connectivity index (χ1) is 26.8. The maximum Gasteiger partial charge on any atom is 0.0547 e. The van der Waals surface area contributed by atoms with E-state index in [2.05, 4.69) is 210 Å². The van der Waals surface area contributed by atoms with Crippen molar-refractivity contribution < 1.29 is 0 Å². The summed E-state index contributed by atoms with van der Waals surface area (Å²) >= 11 is 0. The summed E-state index contributed by atoms with van der Waals surface area (Å²) in [5, 5.41) is 5.30. The van der Waals surface area contributed by atoms with Crippen LogP contribution in [0.2, 0.25) is 0 Å². The zero-order chi connectivity index (χ0) is 38.5. The fourth-order valence-corrected chi connectivity index (χ4v) is 11.0. The normalized spacial score (nSPS) is 17.1. The third-order valence-electron chi connectivity index (χ3n) is 15.2. The summed E-state index contributed by atoms with van der Waals surface area (Å²) in [5.41, 5.74) is 18.3. The molecule has 0 N–H and O–H groups in total. The van der Waals surface area contributed by atoms with Crippen LogP contribution in [0, 0.1) is 5.41 Å². The van der Waals surface area contributed by atoms with Gasteiger partial charge in [-0.05, 0) is 127 Å². The summed E-state index contributed by atoms with van der Waals surface area (Å²) in [7, 11) is 0. The first-order valence-electron chi connectivity index (χ1n) is 20.3. The Morgan fingerprint density at radius 2 is 0.911 bits per heavy atom. The van der Waals surface area contributed by atoms with E-state index in [4.69, 9.17) is 0 Å². The molecule has 7 aromatic carbocycles. The number of hydrogen-bond donors (Lipinski definition) is 0. The van der Waals surface area contributed by atoms with Gasteiger partial charge in [0, 0.05) is 38.3 Å². The number of rotatable bonds is 3. The van der Waals surface area contributed by atoms with Crippen LogP contribution in [0.5, 0.6) is 0 Å². The van der Waals surface area contributed by atoms with Crippen LogP contribution in [0.25, 0.3) is 77.2 Å². The molecule has 2 aliphatic rings. The second-order valence-corrected chi connectivity index (χ2v) is 18.6. The minimum absolute atomic E-state index is 0.0208. The average molecular weight is 725 g/mol. The van der Waals surface area contributed by atoms with Gasteiger partial charge in [-0.1, -0.05) is 134 Å². The van der Waals surface area contributed by atoms with Crippen molar-refractivity contribution in [1.82, 2.24) is 9.13 Å². The Morgan fingerprint density at radius 1 is 0.375 bits per heavy atom. The van der Waals surface area contributed by atoms with Crippen molar-refractivity contribution in [3.05, 3.63) is 168 Å². The smallest absolute Gasteiger partial charge is 0.0547 e. The van der Waals surface area contributed by atoms with Crippen molar-refractivity contribution in [3.8, 4) is 33.6 Å². The second kappa shape index (κ2) is 10.9. The van der Waals surface area contributed by atoms with Crippen molar-refractivity contribution in [2.45, 2.75) is 71.6 Å². The molecule has 2 aliphatic carbocycles. The summed E-state index contributed by atoms with van der Waals surface area (Å²) in [6, 6.07) is 54.9. The van der Waals surface area contributed by atoms with Gasteiger partial charge in [-0.15, -0.1) is 0 Å². The van der Waals surface area contributed by atoms with E-state index < -0.39 is 0 Å². The number of para-hydroxylation sites is 2. The van der Waals surface area contributed by atoms with Gasteiger partial charge in [0.15, 0.2) is 0 Å². The highest BCUT2D eigenvalue weighted by Crippen LogP contribution is 2.63. The van der Waals surface area contributed by atoms with Gasteiger partial charge in [0.2, 0.25) is 0 Å². The summed E-state index contributed by atoms with van der Waals surface area (Å²) in [5.74, 6) is 0. The molecule has 0 unspecified atom stereocenters. The average Bonchev–Trinajstić information content (AvgIpc) is 3.81. The number of aromatic nitrogens is 2. The molecule has 2 heteroatoms. The molecule has 0 bridgehead atoms. The van der Waals surface area contributed by atoms with E-state index in [0.29, 0.717) is 0 Å². The van der Waals surface area contributed by atoms with E-state index >= 15 is 0 Å². The molecule has 0 radical (unpaired) electrons. The van der Waals surface area contributed by atoms with Crippen LogP contribution in [0.15, 0.2) is 146 Å². The molecule has 0 atom stereocenters. The third kappa shape index (κ3) is 4.07. The summed E-state index contributed by atoms with van der Waals surface area (Å²) in [6.45, 7) is 19.5. The molecule has 0 saturated heterocycles. The van der Waals surface area contributed by atoms with Gasteiger partial charge in [-0.25, -0.2) is 0 Å². The van der Waals surface area contributed by atoms with Crippen molar-refractivity contribution in [2.75, 3.05) is 0 Å². The quantitative estimate of drug-likeness (QED) is 0.172. The van der Waals surface area contributed by atoms with Crippen LogP contribution in [-0.2, 0) is 16.2 Å². The van der Waals surface area contributed by atoms with E-state index in [1.54, 1.807) is 0 Å². The maximum absolute atomic E-state index is 2.50. The first kappa shape index (κ1) is 33.5. The van der Waals surface area contributed by atoms with E-state index in [0.717, 1.165) is 0 Å². The lowest BCUT2D eigenvalue weighted by Gasteiger charge is -2.44. The summed E-state index contributed by atoms with van der Waals surface area (Å²) < 4.78 is 4.95. The number of nitrogens with zero attached hydrogens (tertiary/aromatic N) is 2. The maximum atomic E-state index is 2.50. The van der Waals surface area contributed by atoms with Crippen LogP contribution in [-0.4, -0.2) is 9.13 Å². The van der Waals surface area contributed by atoms with Crippen LogP contribution >= 0.6 is 0 Å². The zero-order valence-electron chi connectivity index (χ0n) is 33.8. The van der Waals surface area contributed by atoms with Gasteiger partial charge in [-0.3, -0.25) is 0 Å². The highest BCUT2D eigenvalue weighted by Gasteiger charge is 2.57. The van der Waals surface area contributed by atoms with Gasteiger partial charge >= 0.3 is 0 Å². The molecule has 0 fully saturated rings. The van der Waals surface area contributed by atoms with Crippen LogP contribution in [0.4, 0.5) is 0 Å². The van der Waals surface area contributed by atoms with E-state index in [1.165, 1.54) is 99.5 Å². The lowest BCUT2D eigenvalue weighted by atomic mass is 9.59. The Kier molecular flexibility index (Phi) is 6.53. The Morgan fingerprint density at radius 3 is 1.57 bits per heavy atom. The van der Waals surface area contributed by atoms with Gasteiger partial charge < -0.3 is 9.13 Å². The molecule has 2 nitrogen and oxygen atoms in total. The van der Waals surface area contributed by atoms with E-state index in [1.807, 2.05) is 0 Å². The van der Waals surface area contributed by atoms with Crippen molar-refractivity contribution >= 4 is 43.6 Å². The Hall–Kier alpha value is -5.86. The van der Waals surface area contributed by atoms with Crippen LogP contribution < -0.4 is 0 Å². The largest absolute Gasteiger partial charge is 0.309 e. The van der Waals surface area contributed by atoms with Crippen molar-refractivity contribution in [1.29, 1.82) is 0 Å². The fourth-order valence-electron chi connectivity index (χ4n) is 11.0. The highest BCUT2D eigenvalue weighted by atomic mass is 15.0. The Labute approximate surface area is 330 Å². The van der Waals surface area contributed by atoms with Gasteiger partial charge in [0.05, 0.1) is 22.1 Å². The standard InChI is InChI=1S/C54H48N2/c1-51(2)42-22-16-15-21-37(42)38-32-48-40(31-44(38)51)39-29-33(23-26-45(39)56(48)36-19-13-10-14-20-36)34-24-27-46-41(30-34)49-47(55(46)35-17-11-9-12-18-35)28-25-43-50(49)53(5,6)54(7,8)52(43,3)4/h9-32H,1-8H3. The monoisotopic (exact) mass is 724 g/mol. The minimum Gasteiger partial charge on any atom is -0.309 e. The molecule has 2 heterocycles. The molecule has 0 spiro atoms. The molecule has 0 aliphatic heterocycles. The topological polar surface area (TPSA) is 9.86 Å². The number of benzene rings is 7. The predicted molar refractivity (Wildman–Crippen MR) is 238 cm³/mol. The zero-order valence-corrected chi connectivity index (χ0v) is 33.8. The molecular formula is C54H48N2. The van der Waals surface area contributed by atoms with Crippen LogP contribution in [0.3, 0.4) is 0 Å². The molecule has 0 saturated carbocycles. The highest BCUT2D eigenvalue weighted by molar-refractivity contribution is 6.15. The van der Waals surface area contributed by atoms with Crippen LogP contribution in [0.1, 0.15) is 77.6 Å². The van der Waals surface area contributed by atoms with Gasteiger partial charge in [-0.2, -0.15) is 0 Å². The predicted octanol–water partition coefficient (Wildman–Crippen LogP) is 14.4. The third-order valence-corrected chi connectivity index (χ3v) is 15.2. The molecular weight excluding hydrogens is 677 g/mol. The van der Waals surface area contributed by atoms with Gasteiger partial charge in [0.25, 0.3) is 0 Å². The molecule has 2 aromatic heterocycles. The molecule has 56 heavy (non-hydrogen) atoms. The summed E-state index contributed by atoms with van der Waals surface area (Å²) in [6.07, 6.45) is 0. The summed E-state index contributed by atoms with van der Waals surface area (Å²) in [4.78, 5) is 0. The Balaban J connectivity index is 1.19.